The quantitative estimate of drug-likeness (QED) is 0.0865. The standard InChI is InChI=1S/C42H40N4O3/c1-41(2,26-36(43)40(48)49)39(47)35-24-15-25-37(38(35)30-16-7-3-8-17-30)44-27-34-28-46(29-45-34)42(31-18-9-4-10-19-31,32-20-11-5-12-21-32)33-22-13-6-14-23-33/h3-25,28-29,36,44H,26-27,43H2,1-2H3,(H,48,49)/t36-/m0/s1. The predicted octanol–water partition coefficient (Wildman–Crippen LogP) is 8.01. The van der Waals surface area contributed by atoms with Crippen LogP contribution in [0.4, 0.5) is 5.69 Å². The van der Waals surface area contributed by atoms with Crippen molar-refractivity contribution in [3.05, 3.63) is 180 Å². The molecule has 4 N–H and O–H groups in total. The summed E-state index contributed by atoms with van der Waals surface area (Å²) < 4.78 is 2.18. The number of carbonyl (C=O) groups excluding carboxylic acids is 1. The van der Waals surface area contributed by atoms with Crippen LogP contribution < -0.4 is 11.1 Å². The maximum atomic E-state index is 14.1. The Hall–Kier alpha value is -5.79. The number of nitrogens with zero attached hydrogens (tertiary/aromatic N) is 2. The second-order valence-electron chi connectivity index (χ2n) is 12.9. The fourth-order valence-electron chi connectivity index (χ4n) is 6.71. The van der Waals surface area contributed by atoms with Gasteiger partial charge in [-0.15, -0.1) is 0 Å². The zero-order valence-electron chi connectivity index (χ0n) is 27.7. The van der Waals surface area contributed by atoms with E-state index in [-0.39, 0.29) is 12.2 Å². The first-order valence-corrected chi connectivity index (χ1v) is 16.4. The van der Waals surface area contributed by atoms with Gasteiger partial charge in [-0.25, -0.2) is 4.98 Å². The molecule has 0 saturated heterocycles. The Morgan fingerprint density at radius 2 is 1.27 bits per heavy atom. The summed E-state index contributed by atoms with van der Waals surface area (Å²) in [6.45, 7) is 3.89. The second-order valence-corrected chi connectivity index (χ2v) is 12.9. The van der Waals surface area contributed by atoms with Crippen LogP contribution in [0, 0.1) is 5.41 Å². The summed E-state index contributed by atoms with van der Waals surface area (Å²) in [5.41, 5.74) is 11.2. The van der Waals surface area contributed by atoms with Crippen molar-refractivity contribution < 1.29 is 14.7 Å². The number of carboxylic acid groups (broad SMARTS) is 1. The lowest BCUT2D eigenvalue weighted by molar-refractivity contribution is -0.139. The lowest BCUT2D eigenvalue weighted by Crippen LogP contribution is -2.38. The van der Waals surface area contributed by atoms with Crippen molar-refractivity contribution in [2.45, 2.75) is 38.4 Å². The number of hydrogen-bond acceptors (Lipinski definition) is 5. The number of rotatable bonds is 13. The van der Waals surface area contributed by atoms with Gasteiger partial charge in [0.1, 0.15) is 11.6 Å². The Morgan fingerprint density at radius 3 is 1.78 bits per heavy atom. The van der Waals surface area contributed by atoms with Crippen LogP contribution in [0.15, 0.2) is 152 Å². The van der Waals surface area contributed by atoms with Crippen LogP contribution in [-0.2, 0) is 16.9 Å². The van der Waals surface area contributed by atoms with Crippen LogP contribution >= 0.6 is 0 Å². The second kappa shape index (κ2) is 14.1. The number of hydrogen-bond donors (Lipinski definition) is 3. The summed E-state index contributed by atoms with van der Waals surface area (Å²) >= 11 is 0. The van der Waals surface area contributed by atoms with Crippen molar-refractivity contribution in [3.63, 3.8) is 0 Å². The van der Waals surface area contributed by atoms with Crippen molar-refractivity contribution in [1.29, 1.82) is 0 Å². The Kier molecular flexibility index (Phi) is 9.56. The van der Waals surface area contributed by atoms with E-state index in [1.54, 1.807) is 19.9 Å². The molecule has 0 saturated carbocycles. The summed E-state index contributed by atoms with van der Waals surface area (Å²) in [4.78, 5) is 30.5. The Morgan fingerprint density at radius 1 is 0.755 bits per heavy atom. The summed E-state index contributed by atoms with van der Waals surface area (Å²) in [7, 11) is 0. The Labute approximate surface area is 287 Å². The van der Waals surface area contributed by atoms with Crippen molar-refractivity contribution in [1.82, 2.24) is 9.55 Å². The molecule has 1 heterocycles. The van der Waals surface area contributed by atoms with Gasteiger partial charge in [-0.3, -0.25) is 9.59 Å². The SMILES string of the molecule is CC(C)(C[C@H](N)C(=O)O)C(=O)c1cccc(NCc2cn(C(c3ccccc3)(c3ccccc3)c3ccccc3)cn2)c1-c1ccccc1. The summed E-state index contributed by atoms with van der Waals surface area (Å²) in [6, 6.07) is 45.5. The van der Waals surface area contributed by atoms with Gasteiger partial charge in [0.2, 0.25) is 0 Å². The first-order valence-electron chi connectivity index (χ1n) is 16.4. The lowest BCUT2D eigenvalue weighted by Gasteiger charge is -2.37. The number of ketones is 1. The van der Waals surface area contributed by atoms with E-state index in [0.717, 1.165) is 39.2 Å². The maximum Gasteiger partial charge on any atom is 0.320 e. The van der Waals surface area contributed by atoms with Crippen LogP contribution in [0.5, 0.6) is 0 Å². The van der Waals surface area contributed by atoms with E-state index in [1.165, 1.54) is 0 Å². The summed E-state index contributed by atoms with van der Waals surface area (Å²) in [5, 5.41) is 13.0. The molecule has 0 bridgehead atoms. The first kappa shape index (κ1) is 33.1. The number of aromatic nitrogens is 2. The number of nitrogens with one attached hydrogen (secondary N) is 1. The fourth-order valence-corrected chi connectivity index (χ4v) is 6.71. The van der Waals surface area contributed by atoms with Crippen LogP contribution in [0.1, 0.15) is 53.0 Å². The normalized spacial score (nSPS) is 12.3. The lowest BCUT2D eigenvalue weighted by atomic mass is 9.77. The highest BCUT2D eigenvalue weighted by atomic mass is 16.4. The molecule has 6 aromatic rings. The van der Waals surface area contributed by atoms with E-state index in [1.807, 2.05) is 67.0 Å². The van der Waals surface area contributed by atoms with Gasteiger partial charge in [0.15, 0.2) is 5.78 Å². The van der Waals surface area contributed by atoms with E-state index in [2.05, 4.69) is 88.9 Å². The number of aliphatic carboxylic acids is 1. The molecule has 7 heteroatoms. The third-order valence-corrected chi connectivity index (χ3v) is 9.09. The molecule has 49 heavy (non-hydrogen) atoms. The minimum Gasteiger partial charge on any atom is -0.480 e. The average Bonchev–Trinajstić information content (AvgIpc) is 3.61. The van der Waals surface area contributed by atoms with E-state index >= 15 is 0 Å². The van der Waals surface area contributed by atoms with Crippen LogP contribution in [-0.4, -0.2) is 32.5 Å². The molecule has 0 fully saturated rings. The molecule has 0 aliphatic carbocycles. The van der Waals surface area contributed by atoms with Crippen LogP contribution in [0.25, 0.3) is 11.1 Å². The number of carboxylic acids is 1. The molecular weight excluding hydrogens is 608 g/mol. The highest BCUT2D eigenvalue weighted by molar-refractivity contribution is 6.08. The molecule has 0 aliphatic rings. The largest absolute Gasteiger partial charge is 0.480 e. The molecule has 0 radical (unpaired) electrons. The third-order valence-electron chi connectivity index (χ3n) is 9.09. The van der Waals surface area contributed by atoms with E-state index in [4.69, 9.17) is 10.7 Å². The molecule has 0 unspecified atom stereocenters. The monoisotopic (exact) mass is 648 g/mol. The Bertz CT molecular complexity index is 1930. The van der Waals surface area contributed by atoms with Crippen molar-refractivity contribution in [3.8, 4) is 11.1 Å². The Balaban J connectivity index is 1.40. The molecule has 5 aromatic carbocycles. The highest BCUT2D eigenvalue weighted by Crippen LogP contribution is 2.41. The van der Waals surface area contributed by atoms with Gasteiger partial charge < -0.3 is 20.7 Å². The zero-order chi connectivity index (χ0) is 34.4. The molecule has 6 rings (SSSR count). The molecule has 246 valence electrons. The topological polar surface area (TPSA) is 110 Å². The van der Waals surface area contributed by atoms with Gasteiger partial charge in [0.25, 0.3) is 0 Å². The van der Waals surface area contributed by atoms with Gasteiger partial charge in [-0.2, -0.15) is 0 Å². The van der Waals surface area contributed by atoms with Crippen LogP contribution in [0.2, 0.25) is 0 Å². The molecular formula is C42H40N4O3. The number of Topliss-reactive ketones (excluding diaryl/α,β-unsaturated/α-hetero) is 1. The molecule has 0 amide bonds. The average molecular weight is 649 g/mol. The number of imidazole rings is 1. The number of nitrogens with two attached hydrogens (primary N) is 1. The number of carbonyl (C=O) groups is 2. The van der Waals surface area contributed by atoms with Gasteiger partial charge in [-0.05, 0) is 34.7 Å². The van der Waals surface area contributed by atoms with Crippen molar-refractivity contribution in [2.24, 2.45) is 11.1 Å². The molecule has 7 nitrogen and oxygen atoms in total. The van der Waals surface area contributed by atoms with E-state index < -0.39 is 23.0 Å². The van der Waals surface area contributed by atoms with E-state index in [0.29, 0.717) is 12.1 Å². The summed E-state index contributed by atoms with van der Waals surface area (Å²) in [5.74, 6) is -1.30. The van der Waals surface area contributed by atoms with Gasteiger partial charge >= 0.3 is 5.97 Å². The van der Waals surface area contributed by atoms with Crippen molar-refractivity contribution in [2.75, 3.05) is 5.32 Å². The summed E-state index contributed by atoms with van der Waals surface area (Å²) in [6.07, 6.45) is 3.97. The molecule has 0 aliphatic heterocycles. The fraction of sp³-hybridized carbons (Fsp3) is 0.167. The van der Waals surface area contributed by atoms with Crippen molar-refractivity contribution >= 4 is 17.4 Å². The van der Waals surface area contributed by atoms with Gasteiger partial charge in [-0.1, -0.05) is 147 Å². The highest BCUT2D eigenvalue weighted by Gasteiger charge is 2.38. The minimum atomic E-state index is -1.15. The maximum absolute atomic E-state index is 14.1. The molecule has 1 aromatic heterocycles. The first-order chi connectivity index (χ1) is 23.7. The van der Waals surface area contributed by atoms with E-state index in [9.17, 15) is 14.7 Å². The number of anilines is 1. The zero-order valence-corrected chi connectivity index (χ0v) is 27.7. The van der Waals surface area contributed by atoms with Crippen LogP contribution in [0.3, 0.4) is 0 Å². The minimum absolute atomic E-state index is 0.0104. The smallest absolute Gasteiger partial charge is 0.320 e. The van der Waals surface area contributed by atoms with Gasteiger partial charge in [0.05, 0.1) is 18.6 Å². The molecule has 0 spiro atoms. The van der Waals surface area contributed by atoms with Gasteiger partial charge in [0, 0.05) is 28.4 Å². The predicted molar refractivity (Wildman–Crippen MR) is 194 cm³/mol. The third kappa shape index (κ3) is 6.66. The molecule has 1 atom stereocenters. The number of benzene rings is 5.